The van der Waals surface area contributed by atoms with Crippen molar-refractivity contribution in [2.24, 2.45) is 23.7 Å². The van der Waals surface area contributed by atoms with Gasteiger partial charge in [0.1, 0.15) is 0 Å². The van der Waals surface area contributed by atoms with Gasteiger partial charge >= 0.3 is 5.97 Å². The van der Waals surface area contributed by atoms with Gasteiger partial charge in [0.2, 0.25) is 17.6 Å². The molecule has 2 saturated carbocycles. The Morgan fingerprint density at radius 3 is 2.30 bits per heavy atom. The van der Waals surface area contributed by atoms with Crippen LogP contribution in [-0.4, -0.2) is 40.1 Å². The normalized spacial score (nSPS) is 22.2. The fourth-order valence-corrected chi connectivity index (χ4v) is 7.02. The molecule has 2 aliphatic carbocycles. The summed E-state index contributed by atoms with van der Waals surface area (Å²) in [5.74, 6) is -1.34. The molecule has 43 heavy (non-hydrogen) atoms. The number of benzene rings is 3. The monoisotopic (exact) mass is 575 g/mol. The van der Waals surface area contributed by atoms with Gasteiger partial charge in [-0.3, -0.25) is 29.4 Å². The molecule has 3 aliphatic rings. The zero-order valence-electron chi connectivity index (χ0n) is 22.8. The minimum absolute atomic E-state index is 0.0635. The van der Waals surface area contributed by atoms with Gasteiger partial charge in [0.15, 0.2) is 6.61 Å². The highest BCUT2D eigenvalue weighted by atomic mass is 16.6. The Bertz CT molecular complexity index is 1820. The van der Waals surface area contributed by atoms with Crippen molar-refractivity contribution in [1.82, 2.24) is 4.98 Å². The van der Waals surface area contributed by atoms with Crippen LogP contribution in [0, 0.1) is 33.8 Å². The predicted molar refractivity (Wildman–Crippen MR) is 155 cm³/mol. The largest absolute Gasteiger partial charge is 0.454 e. The molecule has 7 rings (SSSR count). The maximum atomic E-state index is 13.2. The summed E-state index contributed by atoms with van der Waals surface area (Å²) in [4.78, 5) is 68.8. The topological polar surface area (TPSA) is 137 Å². The van der Waals surface area contributed by atoms with E-state index in [2.05, 4.69) is 0 Å². The van der Waals surface area contributed by atoms with Crippen LogP contribution in [0.1, 0.15) is 40.0 Å². The Morgan fingerprint density at radius 2 is 1.60 bits per heavy atom. The molecule has 1 saturated heterocycles. The smallest absolute Gasteiger partial charge is 0.339 e. The van der Waals surface area contributed by atoms with E-state index >= 15 is 0 Å². The molecule has 2 bridgehead atoms. The summed E-state index contributed by atoms with van der Waals surface area (Å²) in [7, 11) is 0. The minimum Gasteiger partial charge on any atom is -0.454 e. The number of fused-ring (bicyclic) bond motifs is 6. The first-order valence-electron chi connectivity index (χ1n) is 14.1. The molecule has 3 aromatic carbocycles. The number of nitrogens with zero attached hydrogens (tertiary/aromatic N) is 3. The van der Waals surface area contributed by atoms with E-state index in [1.165, 1.54) is 23.1 Å². The second-order valence-corrected chi connectivity index (χ2v) is 11.3. The predicted octanol–water partition coefficient (Wildman–Crippen LogP) is 5.39. The van der Waals surface area contributed by atoms with Crippen molar-refractivity contribution in [3.63, 3.8) is 0 Å². The highest BCUT2D eigenvalue weighted by molar-refractivity contribution is 6.22. The van der Waals surface area contributed by atoms with Crippen LogP contribution >= 0.6 is 0 Å². The second kappa shape index (κ2) is 10.2. The molecule has 4 atom stereocenters. The third-order valence-electron chi connectivity index (χ3n) is 9.00. The van der Waals surface area contributed by atoms with Crippen molar-refractivity contribution >= 4 is 45.8 Å². The highest BCUT2D eigenvalue weighted by Gasteiger charge is 2.61. The number of hydrogen-bond acceptors (Lipinski definition) is 8. The number of Topliss-reactive ketones (excluding diaryl/α,β-unsaturated/α-hetero) is 1. The third kappa shape index (κ3) is 4.46. The average Bonchev–Trinajstić information content (AvgIpc) is 3.72. The molecule has 10 nitrogen and oxygen atoms in total. The number of hydrogen-bond donors (Lipinski definition) is 0. The van der Waals surface area contributed by atoms with E-state index in [9.17, 15) is 29.3 Å². The number of anilines is 1. The Morgan fingerprint density at radius 1 is 0.907 bits per heavy atom. The van der Waals surface area contributed by atoms with Crippen molar-refractivity contribution < 1.29 is 28.8 Å². The molecule has 10 heteroatoms. The van der Waals surface area contributed by atoms with Crippen molar-refractivity contribution in [3.05, 3.63) is 100 Å². The zero-order valence-corrected chi connectivity index (χ0v) is 22.8. The molecule has 2 heterocycles. The SMILES string of the molecule is O=C(COC(=O)c1cc(-c2ccc(N3C(=O)C4C5CCC(C5)C4C3=O)cc2)nc2ccccc12)c1cccc([N+](=O)[O-])c1. The van der Waals surface area contributed by atoms with Crippen molar-refractivity contribution in [3.8, 4) is 11.3 Å². The van der Waals surface area contributed by atoms with Gasteiger partial charge in [-0.05, 0) is 55.4 Å². The Hall–Kier alpha value is -5.25. The van der Waals surface area contributed by atoms with Gasteiger partial charge in [0.25, 0.3) is 5.69 Å². The van der Waals surface area contributed by atoms with Gasteiger partial charge < -0.3 is 4.74 Å². The fourth-order valence-electron chi connectivity index (χ4n) is 7.02. The van der Waals surface area contributed by atoms with E-state index in [0.29, 0.717) is 39.7 Å². The first-order chi connectivity index (χ1) is 20.8. The highest BCUT2D eigenvalue weighted by Crippen LogP contribution is 2.56. The minimum atomic E-state index is -0.746. The summed E-state index contributed by atoms with van der Waals surface area (Å²) in [6, 6.07) is 20.8. The fraction of sp³-hybridized carbons (Fsp3) is 0.242. The van der Waals surface area contributed by atoms with E-state index in [1.54, 1.807) is 54.6 Å². The molecule has 1 aliphatic heterocycles. The number of ether oxygens (including phenoxy) is 1. The van der Waals surface area contributed by atoms with E-state index in [-0.39, 0.29) is 40.5 Å². The summed E-state index contributed by atoms with van der Waals surface area (Å²) < 4.78 is 5.34. The average molecular weight is 576 g/mol. The molecule has 214 valence electrons. The van der Waals surface area contributed by atoms with Gasteiger partial charge in [-0.15, -0.1) is 0 Å². The molecule has 1 aromatic heterocycles. The van der Waals surface area contributed by atoms with E-state index < -0.39 is 23.3 Å². The number of para-hydroxylation sites is 1. The van der Waals surface area contributed by atoms with Crippen LogP contribution in [0.4, 0.5) is 11.4 Å². The summed E-state index contributed by atoms with van der Waals surface area (Å²) in [5.41, 5.74) is 2.22. The van der Waals surface area contributed by atoms with E-state index in [0.717, 1.165) is 25.3 Å². The molecule has 0 N–H and O–H groups in total. The van der Waals surface area contributed by atoms with E-state index in [4.69, 9.17) is 9.72 Å². The number of aromatic nitrogens is 1. The number of pyridine rings is 1. The van der Waals surface area contributed by atoms with Crippen LogP contribution in [-0.2, 0) is 14.3 Å². The lowest BCUT2D eigenvalue weighted by Crippen LogP contribution is -2.32. The van der Waals surface area contributed by atoms with Crippen LogP contribution in [0.5, 0.6) is 0 Å². The number of esters is 1. The first-order valence-corrected chi connectivity index (χ1v) is 14.1. The lowest BCUT2D eigenvalue weighted by molar-refractivity contribution is -0.384. The number of ketones is 1. The number of carbonyl (C=O) groups is 4. The van der Waals surface area contributed by atoms with Gasteiger partial charge in [-0.25, -0.2) is 9.78 Å². The third-order valence-corrected chi connectivity index (χ3v) is 9.00. The molecule has 3 fully saturated rings. The molecule has 0 radical (unpaired) electrons. The van der Waals surface area contributed by atoms with Crippen molar-refractivity contribution in [2.75, 3.05) is 11.5 Å². The lowest BCUT2D eigenvalue weighted by atomic mass is 9.81. The number of nitro groups is 1. The summed E-state index contributed by atoms with van der Waals surface area (Å²) in [6.07, 6.45) is 3.00. The summed E-state index contributed by atoms with van der Waals surface area (Å²) >= 11 is 0. The maximum absolute atomic E-state index is 13.2. The number of carbonyl (C=O) groups excluding carboxylic acids is 4. The van der Waals surface area contributed by atoms with Crippen LogP contribution in [0.25, 0.3) is 22.2 Å². The van der Waals surface area contributed by atoms with Gasteiger partial charge in [-0.2, -0.15) is 0 Å². The Kier molecular flexibility index (Phi) is 6.34. The molecule has 4 aromatic rings. The Balaban J connectivity index is 1.13. The molecular weight excluding hydrogens is 550 g/mol. The second-order valence-electron chi connectivity index (χ2n) is 11.3. The maximum Gasteiger partial charge on any atom is 0.339 e. The quantitative estimate of drug-likeness (QED) is 0.0941. The zero-order chi connectivity index (χ0) is 29.8. The van der Waals surface area contributed by atoms with Gasteiger partial charge in [-0.1, -0.05) is 42.5 Å². The van der Waals surface area contributed by atoms with Crippen LogP contribution in [0.15, 0.2) is 78.9 Å². The number of amides is 2. The number of rotatable bonds is 7. The molecule has 0 spiro atoms. The van der Waals surface area contributed by atoms with E-state index in [1.807, 2.05) is 0 Å². The molecule has 4 unspecified atom stereocenters. The van der Waals surface area contributed by atoms with Gasteiger partial charge in [0.05, 0.1) is 39.2 Å². The lowest BCUT2D eigenvalue weighted by Gasteiger charge is -2.19. The number of imide groups is 1. The first kappa shape index (κ1) is 26.6. The van der Waals surface area contributed by atoms with Crippen molar-refractivity contribution in [1.29, 1.82) is 0 Å². The standard InChI is InChI=1S/C33H25N3O7/c37-28(19-4-3-5-23(15-19)36(41)42)17-43-33(40)25-16-27(34-26-7-2-1-6-24(25)26)18-10-12-22(13-11-18)35-31(38)29-20-8-9-21(14-20)30(29)32(35)39/h1-7,10-13,15-16,20-21,29-30H,8-9,14,17H2. The van der Waals surface area contributed by atoms with Crippen LogP contribution < -0.4 is 4.90 Å². The van der Waals surface area contributed by atoms with Crippen LogP contribution in [0.2, 0.25) is 0 Å². The number of nitro benzene ring substituents is 1. The van der Waals surface area contributed by atoms with Crippen molar-refractivity contribution in [2.45, 2.75) is 19.3 Å². The summed E-state index contributed by atoms with van der Waals surface area (Å²) in [5, 5.41) is 11.6. The van der Waals surface area contributed by atoms with Gasteiger partial charge in [0, 0.05) is 28.6 Å². The Labute approximate surface area is 245 Å². The number of non-ortho nitro benzene ring substituents is 1. The molecule has 2 amide bonds. The molecular formula is C33H25N3O7. The summed E-state index contributed by atoms with van der Waals surface area (Å²) in [6.45, 7) is -0.595. The van der Waals surface area contributed by atoms with Crippen LogP contribution in [0.3, 0.4) is 0 Å².